The maximum atomic E-state index is 13.0. The Labute approximate surface area is 225 Å². The molecule has 39 heavy (non-hydrogen) atoms. The van der Waals surface area contributed by atoms with Crippen LogP contribution >= 0.6 is 11.6 Å². The Bertz CT molecular complexity index is 1580. The van der Waals surface area contributed by atoms with Gasteiger partial charge in [0, 0.05) is 54.7 Å². The molecule has 200 valence electrons. The number of carboxylic acids is 1. The van der Waals surface area contributed by atoms with Gasteiger partial charge in [-0.15, -0.1) is 0 Å². The van der Waals surface area contributed by atoms with Crippen LogP contribution in [0.3, 0.4) is 0 Å². The zero-order valence-corrected chi connectivity index (χ0v) is 20.9. The number of carbonyl (C=O) groups is 2. The van der Waals surface area contributed by atoms with Crippen LogP contribution < -0.4 is 5.32 Å². The minimum atomic E-state index is -5.08. The van der Waals surface area contributed by atoms with Crippen LogP contribution in [-0.4, -0.2) is 42.1 Å². The second kappa shape index (κ2) is 11.8. The average Bonchev–Trinajstić information content (AvgIpc) is 3.53. The lowest BCUT2D eigenvalue weighted by Gasteiger charge is -2.04. The Kier molecular flexibility index (Phi) is 8.30. The maximum Gasteiger partial charge on any atom is 0.490 e. The molecule has 5 aromatic rings. The lowest BCUT2D eigenvalue weighted by atomic mass is 10.2. The van der Waals surface area contributed by atoms with Gasteiger partial charge < -0.3 is 15.0 Å². The van der Waals surface area contributed by atoms with Crippen LogP contribution in [0.25, 0.3) is 16.9 Å². The van der Waals surface area contributed by atoms with Gasteiger partial charge in [-0.25, -0.2) is 9.78 Å². The molecule has 0 radical (unpaired) electrons. The molecular formula is C27H21ClF3N5O3. The van der Waals surface area contributed by atoms with Gasteiger partial charge >= 0.3 is 12.1 Å². The van der Waals surface area contributed by atoms with E-state index in [0.717, 1.165) is 28.0 Å². The van der Waals surface area contributed by atoms with Crippen molar-refractivity contribution < 1.29 is 27.9 Å². The molecule has 1 aromatic carbocycles. The number of carboxylic acid groups (broad SMARTS) is 1. The van der Waals surface area contributed by atoms with Crippen molar-refractivity contribution in [1.29, 1.82) is 0 Å². The second-order valence-electron chi connectivity index (χ2n) is 8.29. The van der Waals surface area contributed by atoms with E-state index in [0.29, 0.717) is 23.8 Å². The topological polar surface area (TPSA) is 102 Å². The number of amides is 1. The molecule has 0 aliphatic carbocycles. The Hall–Kier alpha value is -4.64. The number of carbonyl (C=O) groups excluding carboxylic acids is 1. The number of imidazole rings is 1. The molecule has 0 fully saturated rings. The summed E-state index contributed by atoms with van der Waals surface area (Å²) in [4.78, 5) is 30.7. The van der Waals surface area contributed by atoms with Gasteiger partial charge in [0.2, 0.25) is 0 Å². The van der Waals surface area contributed by atoms with E-state index in [1.165, 1.54) is 0 Å². The monoisotopic (exact) mass is 555 g/mol. The number of benzene rings is 1. The van der Waals surface area contributed by atoms with Crippen LogP contribution in [0.5, 0.6) is 0 Å². The number of nitrogens with one attached hydrogen (secondary N) is 1. The summed E-state index contributed by atoms with van der Waals surface area (Å²) >= 11 is 5.94. The van der Waals surface area contributed by atoms with E-state index in [-0.39, 0.29) is 5.91 Å². The predicted octanol–water partition coefficient (Wildman–Crippen LogP) is 5.46. The SMILES string of the molecule is O=C(NCc1ccc(Cl)cc1)c1nc(-c2ccn(Cc3cccnc3)c2)n2ccccc12.O=C(O)C(F)(F)F. The molecule has 0 saturated carbocycles. The molecule has 4 heterocycles. The molecule has 0 atom stereocenters. The van der Waals surface area contributed by atoms with Crippen molar-refractivity contribution in [3.63, 3.8) is 0 Å². The molecule has 2 N–H and O–H groups in total. The van der Waals surface area contributed by atoms with Gasteiger partial charge in [0.05, 0.1) is 5.52 Å². The number of pyridine rings is 2. The third-order valence-electron chi connectivity index (χ3n) is 5.47. The van der Waals surface area contributed by atoms with Crippen molar-refractivity contribution in [2.75, 3.05) is 0 Å². The number of hydrogen-bond acceptors (Lipinski definition) is 4. The van der Waals surface area contributed by atoms with E-state index in [9.17, 15) is 18.0 Å². The van der Waals surface area contributed by atoms with Crippen molar-refractivity contribution in [3.8, 4) is 11.4 Å². The fraction of sp³-hybridized carbons (Fsp3) is 0.111. The summed E-state index contributed by atoms with van der Waals surface area (Å²) in [5, 5.41) is 10.8. The third-order valence-corrected chi connectivity index (χ3v) is 5.72. The average molecular weight is 556 g/mol. The molecule has 4 aromatic heterocycles. The van der Waals surface area contributed by atoms with Crippen LogP contribution in [0.1, 0.15) is 21.6 Å². The lowest BCUT2D eigenvalue weighted by Crippen LogP contribution is -2.23. The van der Waals surface area contributed by atoms with Crippen LogP contribution in [0.15, 0.2) is 91.6 Å². The number of aromatic nitrogens is 4. The summed E-state index contributed by atoms with van der Waals surface area (Å²) in [5.74, 6) is -2.25. The van der Waals surface area contributed by atoms with Gasteiger partial charge in [-0.2, -0.15) is 13.2 Å². The van der Waals surface area contributed by atoms with E-state index >= 15 is 0 Å². The summed E-state index contributed by atoms with van der Waals surface area (Å²) in [6.45, 7) is 1.12. The predicted molar refractivity (Wildman–Crippen MR) is 138 cm³/mol. The van der Waals surface area contributed by atoms with Crippen molar-refractivity contribution in [2.45, 2.75) is 19.3 Å². The van der Waals surface area contributed by atoms with Crippen molar-refractivity contribution in [3.05, 3.63) is 113 Å². The van der Waals surface area contributed by atoms with Gasteiger partial charge in [0.25, 0.3) is 5.91 Å². The van der Waals surface area contributed by atoms with Crippen LogP contribution in [-0.2, 0) is 17.9 Å². The third kappa shape index (κ3) is 7.02. The first-order valence-electron chi connectivity index (χ1n) is 11.5. The number of nitrogens with zero attached hydrogens (tertiary/aromatic N) is 4. The van der Waals surface area contributed by atoms with E-state index in [1.54, 1.807) is 6.20 Å². The minimum absolute atomic E-state index is 0.218. The molecule has 0 saturated heterocycles. The van der Waals surface area contributed by atoms with E-state index in [1.807, 2.05) is 89.9 Å². The number of alkyl halides is 3. The second-order valence-corrected chi connectivity index (χ2v) is 8.72. The summed E-state index contributed by atoms with van der Waals surface area (Å²) < 4.78 is 35.8. The first-order chi connectivity index (χ1) is 18.6. The molecule has 5 rings (SSSR count). The Morgan fingerprint density at radius 3 is 2.38 bits per heavy atom. The van der Waals surface area contributed by atoms with E-state index in [4.69, 9.17) is 26.5 Å². The number of halogens is 4. The van der Waals surface area contributed by atoms with Gasteiger partial charge in [-0.3, -0.25) is 14.2 Å². The smallest absolute Gasteiger partial charge is 0.475 e. The maximum absolute atomic E-state index is 13.0. The van der Waals surface area contributed by atoms with Crippen molar-refractivity contribution in [2.24, 2.45) is 0 Å². The first-order valence-corrected chi connectivity index (χ1v) is 11.8. The summed E-state index contributed by atoms with van der Waals surface area (Å²) in [5.41, 5.74) is 4.18. The van der Waals surface area contributed by atoms with Gasteiger partial charge in [0.1, 0.15) is 5.82 Å². The van der Waals surface area contributed by atoms with E-state index < -0.39 is 12.1 Å². The summed E-state index contributed by atoms with van der Waals surface area (Å²) in [6.07, 6.45) is 4.50. The van der Waals surface area contributed by atoms with Crippen molar-refractivity contribution >= 4 is 29.0 Å². The summed E-state index contributed by atoms with van der Waals surface area (Å²) in [6, 6.07) is 19.1. The fourth-order valence-corrected chi connectivity index (χ4v) is 3.78. The minimum Gasteiger partial charge on any atom is -0.475 e. The normalized spacial score (nSPS) is 11.1. The Balaban J connectivity index is 0.000000448. The largest absolute Gasteiger partial charge is 0.490 e. The van der Waals surface area contributed by atoms with E-state index in [2.05, 4.69) is 14.9 Å². The zero-order chi connectivity index (χ0) is 28.0. The highest BCUT2D eigenvalue weighted by Gasteiger charge is 2.38. The van der Waals surface area contributed by atoms with Crippen molar-refractivity contribution in [1.82, 2.24) is 24.3 Å². The van der Waals surface area contributed by atoms with Crippen LogP contribution in [0, 0.1) is 0 Å². The van der Waals surface area contributed by atoms with Gasteiger partial charge in [-0.05, 0) is 47.5 Å². The standard InChI is InChI=1S/C25H20ClN5O.C2HF3O2/c26-21-8-6-18(7-9-21)15-28-25(32)23-22-5-1-2-12-31(22)24(29-23)20-10-13-30(17-20)16-19-4-3-11-27-14-19;3-2(4,5)1(6)7/h1-14,17H,15-16H2,(H,28,32);(H,6,7). The number of rotatable bonds is 6. The lowest BCUT2D eigenvalue weighted by molar-refractivity contribution is -0.192. The number of hydrogen-bond donors (Lipinski definition) is 2. The molecule has 0 aliphatic rings. The molecule has 1 amide bonds. The first kappa shape index (κ1) is 27.4. The summed E-state index contributed by atoms with van der Waals surface area (Å²) in [7, 11) is 0. The highest BCUT2D eigenvalue weighted by atomic mass is 35.5. The molecule has 0 spiro atoms. The van der Waals surface area contributed by atoms with Crippen LogP contribution in [0.4, 0.5) is 13.2 Å². The molecule has 0 unspecified atom stereocenters. The molecular weight excluding hydrogens is 535 g/mol. The number of fused-ring (bicyclic) bond motifs is 1. The van der Waals surface area contributed by atoms with Gasteiger partial charge in [0.15, 0.2) is 5.69 Å². The molecule has 0 bridgehead atoms. The molecule has 8 nitrogen and oxygen atoms in total. The fourth-order valence-electron chi connectivity index (χ4n) is 3.65. The Morgan fingerprint density at radius 1 is 0.974 bits per heavy atom. The number of aliphatic carboxylic acids is 1. The molecule has 12 heteroatoms. The van der Waals surface area contributed by atoms with Gasteiger partial charge in [-0.1, -0.05) is 35.9 Å². The highest BCUT2D eigenvalue weighted by molar-refractivity contribution is 6.30. The molecule has 0 aliphatic heterocycles. The van der Waals surface area contributed by atoms with Crippen LogP contribution in [0.2, 0.25) is 5.02 Å². The Morgan fingerprint density at radius 2 is 1.72 bits per heavy atom. The highest BCUT2D eigenvalue weighted by Crippen LogP contribution is 2.24. The quantitative estimate of drug-likeness (QED) is 0.290. The zero-order valence-electron chi connectivity index (χ0n) is 20.1.